The number of esters is 1. The fourth-order valence-electron chi connectivity index (χ4n) is 2.49. The Kier molecular flexibility index (Phi) is 9.28. The number of carbonyl (C=O) groups excluding carboxylic acids is 2. The van der Waals surface area contributed by atoms with Crippen molar-refractivity contribution in [3.05, 3.63) is 71.8 Å². The van der Waals surface area contributed by atoms with Gasteiger partial charge in [-0.15, -0.1) is 0 Å². The van der Waals surface area contributed by atoms with Gasteiger partial charge in [-0.3, -0.25) is 9.59 Å². The molecule has 2 aromatic rings. The third-order valence-electron chi connectivity index (χ3n) is 3.98. The lowest BCUT2D eigenvalue weighted by atomic mass is 10.2. The van der Waals surface area contributed by atoms with Gasteiger partial charge in [0.25, 0.3) is 0 Å². The van der Waals surface area contributed by atoms with Gasteiger partial charge in [-0.2, -0.15) is 0 Å². The molecule has 0 aliphatic carbocycles. The Labute approximate surface area is 184 Å². The molecule has 0 saturated heterocycles. The van der Waals surface area contributed by atoms with E-state index in [-0.39, 0.29) is 5.91 Å². The summed E-state index contributed by atoms with van der Waals surface area (Å²) in [4.78, 5) is 26.3. The maximum Gasteiger partial charge on any atom is 0.302 e. The summed E-state index contributed by atoms with van der Waals surface area (Å²) < 4.78 is 10.3. The molecule has 7 heteroatoms. The Hall–Kier alpha value is -2.25. The first kappa shape index (κ1) is 23.0. The fraction of sp³-hybridized carbons (Fsp3) is 0.273. The number of hydrogen-bond acceptors (Lipinski definition) is 5. The van der Waals surface area contributed by atoms with E-state index in [9.17, 15) is 9.59 Å². The summed E-state index contributed by atoms with van der Waals surface area (Å²) in [6.45, 7) is 3.39. The van der Waals surface area contributed by atoms with E-state index in [1.54, 1.807) is 25.1 Å². The van der Waals surface area contributed by atoms with E-state index in [1.165, 1.54) is 18.7 Å². The molecule has 0 fully saturated rings. The van der Waals surface area contributed by atoms with E-state index < -0.39 is 16.9 Å². The molecule has 0 heterocycles. The van der Waals surface area contributed by atoms with E-state index in [1.807, 2.05) is 60.0 Å². The topological polar surface area (TPSA) is 55.8 Å². The van der Waals surface area contributed by atoms with Gasteiger partial charge in [0.15, 0.2) is 0 Å². The van der Waals surface area contributed by atoms with Crippen LogP contribution in [-0.2, 0) is 20.9 Å². The van der Waals surface area contributed by atoms with Crippen molar-refractivity contribution in [3.8, 4) is 5.75 Å². The lowest BCUT2D eigenvalue weighted by Crippen LogP contribution is -2.39. The first-order valence-corrected chi connectivity index (χ1v) is 10.8. The second kappa shape index (κ2) is 11.7. The molecule has 1 amide bonds. The smallest absolute Gasteiger partial charge is 0.302 e. The Bertz CT molecular complexity index is 826. The van der Waals surface area contributed by atoms with Crippen molar-refractivity contribution in [2.75, 3.05) is 7.11 Å². The molecule has 0 aliphatic rings. The van der Waals surface area contributed by atoms with Gasteiger partial charge in [-0.05, 0) is 42.2 Å². The number of alkyl halides is 1. The Morgan fingerprint density at radius 3 is 2.38 bits per heavy atom. The number of amides is 1. The van der Waals surface area contributed by atoms with Crippen LogP contribution < -0.4 is 4.74 Å². The molecule has 0 bridgehead atoms. The molecule has 0 radical (unpaired) electrons. The standard InChI is InChI=1S/C22H24BrNO4S/c1-16(28-17(2)25)21(23)22(26)24(13-14-29-20-7-5-4-6-8-20)15-18-9-11-19(27-3)12-10-18/h4-14,16,21H,15H2,1-3H3/b14-13+/t16-,21+/m1/s1. The fourth-order valence-corrected chi connectivity index (χ4v) is 3.54. The maximum absolute atomic E-state index is 13.0. The molecule has 2 atom stereocenters. The summed E-state index contributed by atoms with van der Waals surface area (Å²) in [6.07, 6.45) is 1.16. The number of methoxy groups -OCH3 is 1. The highest BCUT2D eigenvalue weighted by Crippen LogP contribution is 2.21. The van der Waals surface area contributed by atoms with E-state index in [0.29, 0.717) is 6.54 Å². The number of hydrogen-bond donors (Lipinski definition) is 0. The lowest BCUT2D eigenvalue weighted by molar-refractivity contribution is -0.147. The molecular weight excluding hydrogens is 454 g/mol. The molecule has 2 rings (SSSR count). The van der Waals surface area contributed by atoms with Crippen LogP contribution in [0.1, 0.15) is 19.4 Å². The average Bonchev–Trinajstić information content (AvgIpc) is 2.72. The number of halogens is 1. The largest absolute Gasteiger partial charge is 0.497 e. The number of thioether (sulfide) groups is 1. The van der Waals surface area contributed by atoms with Crippen LogP contribution in [0.25, 0.3) is 0 Å². The predicted octanol–water partition coefficient (Wildman–Crippen LogP) is 5.00. The number of benzene rings is 2. The zero-order valence-electron chi connectivity index (χ0n) is 16.6. The van der Waals surface area contributed by atoms with Crippen molar-refractivity contribution < 1.29 is 19.1 Å². The van der Waals surface area contributed by atoms with Gasteiger partial charge in [0.2, 0.25) is 5.91 Å². The van der Waals surface area contributed by atoms with Gasteiger partial charge in [-0.1, -0.05) is 58.0 Å². The van der Waals surface area contributed by atoms with Crippen molar-refractivity contribution in [2.45, 2.75) is 36.2 Å². The highest BCUT2D eigenvalue weighted by molar-refractivity contribution is 9.10. The number of nitrogens with zero attached hydrogens (tertiary/aromatic N) is 1. The van der Waals surface area contributed by atoms with Gasteiger partial charge in [0.1, 0.15) is 16.7 Å². The molecule has 2 aromatic carbocycles. The normalized spacial score (nSPS) is 13.0. The van der Waals surface area contributed by atoms with Crippen LogP contribution >= 0.6 is 27.7 Å². The van der Waals surface area contributed by atoms with Crippen molar-refractivity contribution in [2.24, 2.45) is 0 Å². The maximum atomic E-state index is 13.0. The van der Waals surface area contributed by atoms with Crippen LogP contribution in [0.15, 0.2) is 71.1 Å². The van der Waals surface area contributed by atoms with Gasteiger partial charge >= 0.3 is 5.97 Å². The van der Waals surface area contributed by atoms with E-state index in [2.05, 4.69) is 15.9 Å². The molecule has 0 unspecified atom stereocenters. The first-order chi connectivity index (χ1) is 13.9. The van der Waals surface area contributed by atoms with Crippen molar-refractivity contribution >= 4 is 39.6 Å². The molecule has 154 valence electrons. The molecule has 0 spiro atoms. The van der Waals surface area contributed by atoms with Crippen LogP contribution in [0.5, 0.6) is 5.75 Å². The molecule has 29 heavy (non-hydrogen) atoms. The van der Waals surface area contributed by atoms with Gasteiger partial charge in [0.05, 0.1) is 13.7 Å². The Morgan fingerprint density at radius 2 is 1.79 bits per heavy atom. The summed E-state index contributed by atoms with van der Waals surface area (Å²) in [5, 5.41) is 1.87. The lowest BCUT2D eigenvalue weighted by Gasteiger charge is -2.25. The third kappa shape index (κ3) is 7.59. The summed E-state index contributed by atoms with van der Waals surface area (Å²) in [6, 6.07) is 17.4. The minimum absolute atomic E-state index is 0.195. The summed E-state index contributed by atoms with van der Waals surface area (Å²) in [7, 11) is 1.61. The second-order valence-electron chi connectivity index (χ2n) is 6.25. The minimum atomic E-state index is -0.656. The number of ether oxygens (including phenoxy) is 2. The van der Waals surface area contributed by atoms with E-state index in [4.69, 9.17) is 9.47 Å². The average molecular weight is 478 g/mol. The second-order valence-corrected chi connectivity index (χ2v) is 8.21. The molecule has 0 N–H and O–H groups in total. The molecule has 5 nitrogen and oxygen atoms in total. The highest BCUT2D eigenvalue weighted by atomic mass is 79.9. The quantitative estimate of drug-likeness (QED) is 0.288. The van der Waals surface area contributed by atoms with Gasteiger partial charge < -0.3 is 14.4 Å². The molecular formula is C22H24BrNO4S. The molecule has 0 aliphatic heterocycles. The molecule has 0 saturated carbocycles. The van der Waals surface area contributed by atoms with Crippen molar-refractivity contribution in [1.82, 2.24) is 4.90 Å². The summed E-state index contributed by atoms with van der Waals surface area (Å²) >= 11 is 4.90. The SMILES string of the molecule is COc1ccc(CN(/C=C/Sc2ccccc2)C(=O)[C@@H](Br)[C@@H](C)OC(C)=O)cc1. The summed E-state index contributed by atoms with van der Waals surface area (Å²) in [5.41, 5.74) is 0.952. The van der Waals surface area contributed by atoms with E-state index in [0.717, 1.165) is 16.2 Å². The molecule has 0 aromatic heterocycles. The zero-order chi connectivity index (χ0) is 21.2. The van der Waals surface area contributed by atoms with Gasteiger partial charge in [-0.25, -0.2) is 0 Å². The van der Waals surface area contributed by atoms with E-state index >= 15 is 0 Å². The van der Waals surface area contributed by atoms with Crippen LogP contribution in [-0.4, -0.2) is 34.8 Å². The third-order valence-corrected chi connectivity index (χ3v) is 5.92. The van der Waals surface area contributed by atoms with Crippen LogP contribution in [0.4, 0.5) is 0 Å². The van der Waals surface area contributed by atoms with Gasteiger partial charge in [0, 0.05) is 18.0 Å². The monoisotopic (exact) mass is 477 g/mol. The van der Waals surface area contributed by atoms with Crippen molar-refractivity contribution in [1.29, 1.82) is 0 Å². The number of rotatable bonds is 9. The predicted molar refractivity (Wildman–Crippen MR) is 119 cm³/mol. The Morgan fingerprint density at radius 1 is 1.14 bits per heavy atom. The first-order valence-electron chi connectivity index (χ1n) is 9.03. The van der Waals surface area contributed by atoms with Crippen LogP contribution in [0.2, 0.25) is 0 Å². The zero-order valence-corrected chi connectivity index (χ0v) is 19.0. The summed E-state index contributed by atoms with van der Waals surface area (Å²) in [5.74, 6) is 0.134. The van der Waals surface area contributed by atoms with Crippen LogP contribution in [0, 0.1) is 0 Å². The number of carbonyl (C=O) groups is 2. The van der Waals surface area contributed by atoms with Crippen molar-refractivity contribution in [3.63, 3.8) is 0 Å². The highest BCUT2D eigenvalue weighted by Gasteiger charge is 2.28. The Balaban J connectivity index is 2.16. The van der Waals surface area contributed by atoms with Crippen LogP contribution in [0.3, 0.4) is 0 Å². The minimum Gasteiger partial charge on any atom is -0.497 e.